The zero-order valence-electron chi connectivity index (χ0n) is 12.7. The fourth-order valence-corrected chi connectivity index (χ4v) is 2.73. The van der Waals surface area contributed by atoms with Crippen LogP contribution in [0.25, 0.3) is 0 Å². The van der Waals surface area contributed by atoms with Crippen LogP contribution in [0, 0.1) is 6.92 Å². The lowest BCUT2D eigenvalue weighted by molar-refractivity contribution is 0.331. The summed E-state index contributed by atoms with van der Waals surface area (Å²) < 4.78 is 0. The molecule has 1 saturated heterocycles. The molecule has 0 aliphatic carbocycles. The van der Waals surface area contributed by atoms with E-state index in [1.54, 1.807) is 0 Å². The Kier molecular flexibility index (Phi) is 4.51. The standard InChI is InChI=1S/C18H23N3/c1-15-4-5-17(12-19-15)13-20-18-8-6-16(7-9-18)14-21-10-2-3-11-21/h4-9,12,20H,2-3,10-11,13-14H2,1H3. The van der Waals surface area contributed by atoms with Gasteiger partial charge in [-0.1, -0.05) is 18.2 Å². The molecule has 0 radical (unpaired) electrons. The lowest BCUT2D eigenvalue weighted by Gasteiger charge is -2.15. The van der Waals surface area contributed by atoms with Gasteiger partial charge in [-0.3, -0.25) is 9.88 Å². The fraction of sp³-hybridized carbons (Fsp3) is 0.389. The van der Waals surface area contributed by atoms with Gasteiger partial charge in [0, 0.05) is 30.7 Å². The predicted octanol–water partition coefficient (Wildman–Crippen LogP) is 3.60. The van der Waals surface area contributed by atoms with Gasteiger partial charge in [0.05, 0.1) is 0 Å². The van der Waals surface area contributed by atoms with Gasteiger partial charge in [0.15, 0.2) is 0 Å². The molecule has 0 bridgehead atoms. The minimum atomic E-state index is 0.818. The van der Waals surface area contributed by atoms with E-state index in [4.69, 9.17) is 0 Å². The minimum Gasteiger partial charge on any atom is -0.381 e. The number of rotatable bonds is 5. The molecule has 1 aromatic carbocycles. The molecule has 2 aromatic rings. The smallest absolute Gasteiger partial charge is 0.0416 e. The summed E-state index contributed by atoms with van der Waals surface area (Å²) >= 11 is 0. The molecule has 3 heteroatoms. The van der Waals surface area contributed by atoms with E-state index in [2.05, 4.69) is 51.6 Å². The molecule has 3 nitrogen and oxygen atoms in total. The van der Waals surface area contributed by atoms with E-state index in [9.17, 15) is 0 Å². The van der Waals surface area contributed by atoms with Crippen LogP contribution < -0.4 is 5.32 Å². The Morgan fingerprint density at radius 1 is 1.00 bits per heavy atom. The van der Waals surface area contributed by atoms with Crippen molar-refractivity contribution in [2.75, 3.05) is 18.4 Å². The molecule has 1 aliphatic heterocycles. The first kappa shape index (κ1) is 14.1. The molecule has 110 valence electrons. The topological polar surface area (TPSA) is 28.2 Å². The van der Waals surface area contributed by atoms with Crippen LogP contribution in [0.3, 0.4) is 0 Å². The molecule has 0 spiro atoms. The summed E-state index contributed by atoms with van der Waals surface area (Å²) in [6.45, 7) is 6.41. The first-order valence-corrected chi connectivity index (χ1v) is 7.76. The lowest BCUT2D eigenvalue weighted by Crippen LogP contribution is -2.18. The maximum Gasteiger partial charge on any atom is 0.0416 e. The van der Waals surface area contributed by atoms with Crippen LogP contribution in [-0.2, 0) is 13.1 Å². The van der Waals surface area contributed by atoms with Crippen molar-refractivity contribution in [2.24, 2.45) is 0 Å². The maximum absolute atomic E-state index is 4.32. The normalized spacial score (nSPS) is 15.3. The Hall–Kier alpha value is -1.87. The van der Waals surface area contributed by atoms with E-state index in [0.29, 0.717) is 0 Å². The second kappa shape index (κ2) is 6.72. The lowest BCUT2D eigenvalue weighted by atomic mass is 10.2. The summed E-state index contributed by atoms with van der Waals surface area (Å²) in [5.41, 5.74) is 4.84. The van der Waals surface area contributed by atoms with Crippen molar-refractivity contribution in [3.05, 3.63) is 59.4 Å². The van der Waals surface area contributed by atoms with Crippen LogP contribution in [-0.4, -0.2) is 23.0 Å². The Bertz CT molecular complexity index is 554. The average molecular weight is 281 g/mol. The minimum absolute atomic E-state index is 0.818. The molecular weight excluding hydrogens is 258 g/mol. The Labute approximate surface area is 127 Å². The number of benzene rings is 1. The molecule has 1 fully saturated rings. The zero-order chi connectivity index (χ0) is 14.5. The number of nitrogens with one attached hydrogen (secondary N) is 1. The Balaban J connectivity index is 1.52. The van der Waals surface area contributed by atoms with Gasteiger partial charge in [0.2, 0.25) is 0 Å². The van der Waals surface area contributed by atoms with Crippen molar-refractivity contribution >= 4 is 5.69 Å². The molecule has 0 atom stereocenters. The van der Waals surface area contributed by atoms with Gasteiger partial charge in [-0.25, -0.2) is 0 Å². The third kappa shape index (κ3) is 4.05. The van der Waals surface area contributed by atoms with Crippen molar-refractivity contribution in [1.29, 1.82) is 0 Å². The molecule has 1 aliphatic rings. The van der Waals surface area contributed by atoms with Gasteiger partial charge in [-0.2, -0.15) is 0 Å². The quantitative estimate of drug-likeness (QED) is 0.907. The van der Waals surface area contributed by atoms with Gasteiger partial charge in [-0.15, -0.1) is 0 Å². The first-order chi connectivity index (χ1) is 10.3. The highest BCUT2D eigenvalue weighted by Crippen LogP contribution is 2.15. The zero-order valence-corrected chi connectivity index (χ0v) is 12.7. The number of hydrogen-bond acceptors (Lipinski definition) is 3. The van der Waals surface area contributed by atoms with Crippen LogP contribution >= 0.6 is 0 Å². The summed E-state index contributed by atoms with van der Waals surface area (Å²) in [6.07, 6.45) is 4.64. The fourth-order valence-electron chi connectivity index (χ4n) is 2.73. The molecule has 0 unspecified atom stereocenters. The highest BCUT2D eigenvalue weighted by molar-refractivity contribution is 5.45. The van der Waals surface area contributed by atoms with Crippen molar-refractivity contribution in [3.8, 4) is 0 Å². The summed E-state index contributed by atoms with van der Waals surface area (Å²) in [4.78, 5) is 6.85. The molecule has 2 heterocycles. The molecule has 3 rings (SSSR count). The van der Waals surface area contributed by atoms with Crippen molar-refractivity contribution in [2.45, 2.75) is 32.9 Å². The molecular formula is C18H23N3. The summed E-state index contributed by atoms with van der Waals surface area (Å²) in [5, 5.41) is 3.45. The second-order valence-electron chi connectivity index (χ2n) is 5.84. The average Bonchev–Trinajstić information content (AvgIpc) is 3.01. The molecule has 1 aromatic heterocycles. The molecule has 0 saturated carbocycles. The van der Waals surface area contributed by atoms with E-state index in [1.807, 2.05) is 13.1 Å². The van der Waals surface area contributed by atoms with Gasteiger partial charge in [-0.05, 0) is 62.2 Å². The van der Waals surface area contributed by atoms with Gasteiger partial charge < -0.3 is 5.32 Å². The summed E-state index contributed by atoms with van der Waals surface area (Å²) in [7, 11) is 0. The van der Waals surface area contributed by atoms with Crippen molar-refractivity contribution in [3.63, 3.8) is 0 Å². The van der Waals surface area contributed by atoms with Crippen LogP contribution in [0.2, 0.25) is 0 Å². The highest BCUT2D eigenvalue weighted by Gasteiger charge is 2.11. The maximum atomic E-state index is 4.32. The number of nitrogens with zero attached hydrogens (tertiary/aromatic N) is 2. The number of likely N-dealkylation sites (tertiary alicyclic amines) is 1. The highest BCUT2D eigenvalue weighted by atomic mass is 15.1. The van der Waals surface area contributed by atoms with Crippen LogP contribution in [0.1, 0.15) is 29.7 Å². The van der Waals surface area contributed by atoms with Gasteiger partial charge >= 0.3 is 0 Å². The van der Waals surface area contributed by atoms with E-state index in [-0.39, 0.29) is 0 Å². The molecule has 0 amide bonds. The van der Waals surface area contributed by atoms with Crippen LogP contribution in [0.15, 0.2) is 42.6 Å². The van der Waals surface area contributed by atoms with E-state index in [1.165, 1.54) is 42.7 Å². The first-order valence-electron chi connectivity index (χ1n) is 7.76. The predicted molar refractivity (Wildman–Crippen MR) is 87.3 cm³/mol. The van der Waals surface area contributed by atoms with Gasteiger partial charge in [0.1, 0.15) is 0 Å². The number of aromatic nitrogens is 1. The number of hydrogen-bond donors (Lipinski definition) is 1. The van der Waals surface area contributed by atoms with Crippen LogP contribution in [0.4, 0.5) is 5.69 Å². The summed E-state index contributed by atoms with van der Waals surface area (Å²) in [5.74, 6) is 0. The Morgan fingerprint density at radius 3 is 2.38 bits per heavy atom. The largest absolute Gasteiger partial charge is 0.381 e. The monoisotopic (exact) mass is 281 g/mol. The van der Waals surface area contributed by atoms with E-state index >= 15 is 0 Å². The summed E-state index contributed by atoms with van der Waals surface area (Å²) in [6, 6.07) is 13.0. The van der Waals surface area contributed by atoms with Crippen molar-refractivity contribution < 1.29 is 0 Å². The number of pyridine rings is 1. The third-order valence-corrected chi connectivity index (χ3v) is 4.03. The number of aryl methyl sites for hydroxylation is 1. The van der Waals surface area contributed by atoms with E-state index < -0.39 is 0 Å². The molecule has 1 N–H and O–H groups in total. The third-order valence-electron chi connectivity index (χ3n) is 4.03. The van der Waals surface area contributed by atoms with Crippen molar-refractivity contribution in [1.82, 2.24) is 9.88 Å². The van der Waals surface area contributed by atoms with Gasteiger partial charge in [0.25, 0.3) is 0 Å². The second-order valence-corrected chi connectivity index (χ2v) is 5.84. The van der Waals surface area contributed by atoms with E-state index in [0.717, 1.165) is 18.8 Å². The van der Waals surface area contributed by atoms with Crippen LogP contribution in [0.5, 0.6) is 0 Å². The SMILES string of the molecule is Cc1ccc(CNc2ccc(CN3CCCC3)cc2)cn1. The Morgan fingerprint density at radius 2 is 1.71 bits per heavy atom. The number of anilines is 1. The molecule has 21 heavy (non-hydrogen) atoms.